The molecule has 9 nitrogen and oxygen atoms in total. The number of hydrogen-bond acceptors (Lipinski definition) is 7. The second-order valence-electron chi connectivity index (χ2n) is 7.00. The van der Waals surface area contributed by atoms with Gasteiger partial charge in [0.25, 0.3) is 0 Å². The van der Waals surface area contributed by atoms with Crippen molar-refractivity contribution in [1.29, 1.82) is 0 Å². The largest absolute Gasteiger partial charge is 0.469 e. The first-order valence-corrected chi connectivity index (χ1v) is 12.1. The molecule has 0 amide bonds. The van der Waals surface area contributed by atoms with Gasteiger partial charge >= 0.3 is 13.8 Å². The van der Waals surface area contributed by atoms with Crippen molar-refractivity contribution in [2.75, 3.05) is 13.2 Å². The number of phosphoric ester groups is 1. The van der Waals surface area contributed by atoms with E-state index in [1.807, 2.05) is 31.2 Å². The average molecular weight is 464 g/mol. The number of phosphoric acid groups is 1. The highest BCUT2D eigenvalue weighted by molar-refractivity contribution is 7.46. The lowest BCUT2D eigenvalue weighted by molar-refractivity contribution is -0.264. The summed E-state index contributed by atoms with van der Waals surface area (Å²) in [5.74, 6) is -0.458. The SMILES string of the molecule is CCC=CCC(C=CC=CCCCCCCCC(=O)OC[C@H](O)COP(=O)(O)O)OO. The molecule has 2 atom stereocenters. The van der Waals surface area contributed by atoms with Crippen LogP contribution in [0.2, 0.25) is 0 Å². The Balaban J connectivity index is 3.64. The third kappa shape index (κ3) is 21.7. The fourth-order valence-corrected chi connectivity index (χ4v) is 2.84. The number of aliphatic hydroxyl groups excluding tert-OH is 1. The number of ether oxygens (including phenoxy) is 1. The summed E-state index contributed by atoms with van der Waals surface area (Å²) in [4.78, 5) is 33.0. The Labute approximate surface area is 184 Å². The van der Waals surface area contributed by atoms with Gasteiger partial charge in [0, 0.05) is 6.42 Å². The molecule has 180 valence electrons. The molecule has 0 aromatic rings. The van der Waals surface area contributed by atoms with Gasteiger partial charge in [-0.15, -0.1) is 0 Å². The average Bonchev–Trinajstić information content (AvgIpc) is 2.72. The maximum absolute atomic E-state index is 11.6. The molecule has 0 aliphatic carbocycles. The molecule has 0 aromatic heterocycles. The molecule has 1 unspecified atom stereocenters. The van der Waals surface area contributed by atoms with E-state index in [-0.39, 0.29) is 19.1 Å². The number of carbonyl (C=O) groups is 1. The Kier molecular flexibility index (Phi) is 18.5. The quantitative estimate of drug-likeness (QED) is 0.0423. The van der Waals surface area contributed by atoms with Gasteiger partial charge in [-0.1, -0.05) is 62.6 Å². The zero-order chi connectivity index (χ0) is 23.4. The second kappa shape index (κ2) is 19.4. The van der Waals surface area contributed by atoms with Crippen LogP contribution < -0.4 is 0 Å². The molecule has 0 bridgehead atoms. The molecule has 0 rings (SSSR count). The number of rotatable bonds is 19. The molecule has 4 N–H and O–H groups in total. The van der Waals surface area contributed by atoms with Crippen molar-refractivity contribution in [3.05, 3.63) is 36.5 Å². The smallest absolute Gasteiger partial charge is 0.463 e. The third-order valence-corrected chi connectivity index (χ3v) is 4.59. The van der Waals surface area contributed by atoms with E-state index in [2.05, 4.69) is 15.5 Å². The lowest BCUT2D eigenvalue weighted by Gasteiger charge is -2.12. The van der Waals surface area contributed by atoms with E-state index in [4.69, 9.17) is 19.8 Å². The second-order valence-corrected chi connectivity index (χ2v) is 8.24. The molecule has 0 saturated heterocycles. The first-order chi connectivity index (χ1) is 14.8. The van der Waals surface area contributed by atoms with E-state index in [1.54, 1.807) is 6.08 Å². The van der Waals surface area contributed by atoms with E-state index in [0.29, 0.717) is 12.8 Å². The third-order valence-electron chi connectivity index (χ3n) is 4.10. The van der Waals surface area contributed by atoms with Gasteiger partial charge in [-0.2, -0.15) is 0 Å². The molecule has 0 heterocycles. The number of esters is 1. The van der Waals surface area contributed by atoms with Gasteiger partial charge in [0.1, 0.15) is 18.8 Å². The van der Waals surface area contributed by atoms with Gasteiger partial charge in [0.05, 0.1) is 6.61 Å². The van der Waals surface area contributed by atoms with E-state index >= 15 is 0 Å². The summed E-state index contributed by atoms with van der Waals surface area (Å²) >= 11 is 0. The Hall–Kier alpha value is -1.32. The molecule has 0 aliphatic heterocycles. The van der Waals surface area contributed by atoms with Crippen molar-refractivity contribution >= 4 is 13.8 Å². The van der Waals surface area contributed by atoms with Crippen LogP contribution in [0.1, 0.15) is 64.7 Å². The highest BCUT2D eigenvalue weighted by Gasteiger charge is 2.17. The number of hydrogen-bond donors (Lipinski definition) is 4. The van der Waals surface area contributed by atoms with Gasteiger partial charge in [0.2, 0.25) is 0 Å². The van der Waals surface area contributed by atoms with Crippen LogP contribution in [0, 0.1) is 0 Å². The van der Waals surface area contributed by atoms with Crippen molar-refractivity contribution in [1.82, 2.24) is 0 Å². The Morgan fingerprint density at radius 2 is 1.71 bits per heavy atom. The first kappa shape index (κ1) is 29.7. The maximum atomic E-state index is 11.6. The molecule has 0 fully saturated rings. The van der Waals surface area contributed by atoms with Crippen LogP contribution in [0.15, 0.2) is 36.5 Å². The van der Waals surface area contributed by atoms with Gasteiger partial charge in [-0.3, -0.25) is 14.6 Å². The monoisotopic (exact) mass is 464 g/mol. The van der Waals surface area contributed by atoms with Crippen LogP contribution >= 0.6 is 7.82 Å². The van der Waals surface area contributed by atoms with Crippen LogP contribution in [-0.2, 0) is 23.5 Å². The zero-order valence-corrected chi connectivity index (χ0v) is 19.1. The van der Waals surface area contributed by atoms with Gasteiger partial charge in [0.15, 0.2) is 0 Å². The molecule has 0 saturated carbocycles. The molecule has 31 heavy (non-hydrogen) atoms. The number of aliphatic hydroxyl groups is 1. The summed E-state index contributed by atoms with van der Waals surface area (Å²) in [7, 11) is -4.64. The highest BCUT2D eigenvalue weighted by atomic mass is 31.2. The Morgan fingerprint density at radius 3 is 2.39 bits per heavy atom. The molecule has 0 radical (unpaired) electrons. The van der Waals surface area contributed by atoms with Crippen molar-refractivity contribution < 1.29 is 43.7 Å². The fourth-order valence-electron chi connectivity index (χ4n) is 2.47. The molecular weight excluding hydrogens is 427 g/mol. The van der Waals surface area contributed by atoms with Crippen LogP contribution in [0.5, 0.6) is 0 Å². The standard InChI is InChI=1S/C21H37O9P/c1-2-3-11-14-20(30-24)15-12-9-7-5-4-6-8-10-13-16-21(23)28-17-19(22)18-29-31(25,26)27/h3,7,9,11-12,15,19-20,22,24H,2,4-6,8,10,13-14,16-18H2,1H3,(H2,25,26,27)/t19-,20?/m0/s1. The number of allylic oxidation sites excluding steroid dienone is 4. The number of carbonyl (C=O) groups excluding carboxylic acids is 1. The van der Waals surface area contributed by atoms with Gasteiger partial charge in [-0.05, 0) is 32.1 Å². The summed E-state index contributed by atoms with van der Waals surface area (Å²) in [6.45, 7) is 1.08. The van der Waals surface area contributed by atoms with Crippen LogP contribution in [0.25, 0.3) is 0 Å². The topological polar surface area (TPSA) is 143 Å². The van der Waals surface area contributed by atoms with E-state index < -0.39 is 26.5 Å². The summed E-state index contributed by atoms with van der Waals surface area (Å²) in [6.07, 6.45) is 17.5. The molecular formula is C21H37O9P. The highest BCUT2D eigenvalue weighted by Crippen LogP contribution is 2.35. The lowest BCUT2D eigenvalue weighted by atomic mass is 10.1. The minimum Gasteiger partial charge on any atom is -0.463 e. The van der Waals surface area contributed by atoms with E-state index in [9.17, 15) is 14.5 Å². The van der Waals surface area contributed by atoms with Gasteiger partial charge in [-0.25, -0.2) is 9.45 Å². The lowest BCUT2D eigenvalue weighted by Crippen LogP contribution is -2.23. The Bertz CT molecular complexity index is 583. The van der Waals surface area contributed by atoms with Crippen molar-refractivity contribution in [2.45, 2.75) is 76.9 Å². The van der Waals surface area contributed by atoms with Crippen LogP contribution in [0.3, 0.4) is 0 Å². The summed E-state index contributed by atoms with van der Waals surface area (Å²) in [5.41, 5.74) is 0. The predicted molar refractivity (Wildman–Crippen MR) is 117 cm³/mol. The van der Waals surface area contributed by atoms with E-state index in [1.165, 1.54) is 0 Å². The van der Waals surface area contributed by atoms with Crippen molar-refractivity contribution in [3.63, 3.8) is 0 Å². The minimum absolute atomic E-state index is 0.234. The van der Waals surface area contributed by atoms with E-state index in [0.717, 1.165) is 38.5 Å². The van der Waals surface area contributed by atoms with Gasteiger partial charge < -0.3 is 19.6 Å². The molecule has 0 aliphatic rings. The summed E-state index contributed by atoms with van der Waals surface area (Å²) in [5, 5.41) is 18.2. The van der Waals surface area contributed by atoms with Crippen LogP contribution in [0.4, 0.5) is 0 Å². The number of unbranched alkanes of at least 4 members (excludes halogenated alkanes) is 5. The molecule has 0 spiro atoms. The zero-order valence-electron chi connectivity index (χ0n) is 18.2. The normalized spacial score (nSPS) is 14.6. The van der Waals surface area contributed by atoms with Crippen LogP contribution in [-0.4, -0.2) is 51.5 Å². The predicted octanol–water partition coefficient (Wildman–Crippen LogP) is 4.06. The van der Waals surface area contributed by atoms with Crippen molar-refractivity contribution in [2.24, 2.45) is 0 Å². The maximum Gasteiger partial charge on any atom is 0.469 e. The fraction of sp³-hybridized carbons (Fsp3) is 0.667. The van der Waals surface area contributed by atoms with Crippen molar-refractivity contribution in [3.8, 4) is 0 Å². The summed E-state index contributed by atoms with van der Waals surface area (Å²) in [6, 6.07) is 0. The Morgan fingerprint density at radius 1 is 1.00 bits per heavy atom. The molecule has 10 heteroatoms. The molecule has 0 aromatic carbocycles. The first-order valence-electron chi connectivity index (χ1n) is 10.6. The summed E-state index contributed by atoms with van der Waals surface area (Å²) < 4.78 is 19.5. The minimum atomic E-state index is -4.64.